The molecular weight excluding hydrogens is 417 g/mol. The number of hydrogen-bond acceptors (Lipinski definition) is 3. The molecule has 1 amide bonds. The number of halogens is 2. The summed E-state index contributed by atoms with van der Waals surface area (Å²) in [7, 11) is 0. The summed E-state index contributed by atoms with van der Waals surface area (Å²) in [5.74, 6) is 0.150. The van der Waals surface area contributed by atoms with E-state index in [1.54, 1.807) is 0 Å². The lowest BCUT2D eigenvalue weighted by atomic mass is 9.99. The summed E-state index contributed by atoms with van der Waals surface area (Å²) in [6, 6.07) is 18.4. The van der Waals surface area contributed by atoms with Gasteiger partial charge in [0.25, 0.3) is 5.91 Å². The van der Waals surface area contributed by atoms with E-state index < -0.39 is 0 Å². The summed E-state index contributed by atoms with van der Waals surface area (Å²) < 4.78 is 0. The van der Waals surface area contributed by atoms with Crippen LogP contribution in [0.4, 0.5) is 0 Å². The number of allylic oxidation sites excluding steroid dienone is 1. The standard InChI is InChI=1S/C24H23N3O.2ClH/c28-24(27-14-12-25-13-15-27)22-19-8-4-5-9-21(19)26-23-18(10-11-20(22)23)16-17-6-2-1-3-7-17;;/h1-9,16,25H,10-15H2;2*1H/b18-16-;;. The topological polar surface area (TPSA) is 45.2 Å². The minimum Gasteiger partial charge on any atom is -0.336 e. The lowest BCUT2D eigenvalue weighted by molar-refractivity contribution is 0.0736. The highest BCUT2D eigenvalue weighted by molar-refractivity contribution is 6.09. The van der Waals surface area contributed by atoms with Crippen molar-refractivity contribution in [3.63, 3.8) is 0 Å². The summed E-state index contributed by atoms with van der Waals surface area (Å²) in [6.07, 6.45) is 4.01. The van der Waals surface area contributed by atoms with Crippen LogP contribution in [0.15, 0.2) is 54.6 Å². The average Bonchev–Trinajstić information content (AvgIpc) is 3.15. The summed E-state index contributed by atoms with van der Waals surface area (Å²) in [5.41, 5.74) is 6.28. The van der Waals surface area contributed by atoms with Gasteiger partial charge < -0.3 is 10.2 Å². The van der Waals surface area contributed by atoms with Crippen molar-refractivity contribution in [3.8, 4) is 0 Å². The van der Waals surface area contributed by atoms with Gasteiger partial charge in [-0.15, -0.1) is 24.8 Å². The van der Waals surface area contributed by atoms with Crippen LogP contribution in [0, 0.1) is 0 Å². The SMILES string of the molecule is Cl.Cl.O=C(c1c2c(nc3ccccc13)/C(=C\c1ccccc1)CC2)N1CCNCC1. The molecule has 0 radical (unpaired) electrons. The number of para-hydroxylation sites is 1. The second-order valence-corrected chi connectivity index (χ2v) is 7.45. The van der Waals surface area contributed by atoms with E-state index in [4.69, 9.17) is 4.98 Å². The van der Waals surface area contributed by atoms with Crippen molar-refractivity contribution in [2.24, 2.45) is 0 Å². The Kier molecular flexibility index (Phi) is 7.14. The smallest absolute Gasteiger partial charge is 0.254 e. The van der Waals surface area contributed by atoms with E-state index in [9.17, 15) is 4.79 Å². The lowest BCUT2D eigenvalue weighted by Crippen LogP contribution is -2.46. The molecule has 30 heavy (non-hydrogen) atoms. The molecule has 2 aliphatic rings. The van der Waals surface area contributed by atoms with Gasteiger partial charge >= 0.3 is 0 Å². The number of hydrogen-bond donors (Lipinski definition) is 1. The van der Waals surface area contributed by atoms with E-state index in [1.165, 1.54) is 11.1 Å². The number of nitrogens with zero attached hydrogens (tertiary/aromatic N) is 2. The van der Waals surface area contributed by atoms with Crippen molar-refractivity contribution in [2.45, 2.75) is 12.8 Å². The molecule has 156 valence electrons. The zero-order valence-electron chi connectivity index (χ0n) is 16.6. The van der Waals surface area contributed by atoms with E-state index in [-0.39, 0.29) is 30.7 Å². The van der Waals surface area contributed by atoms with Crippen LogP contribution in [0.5, 0.6) is 0 Å². The molecule has 0 saturated carbocycles. The zero-order valence-corrected chi connectivity index (χ0v) is 18.3. The van der Waals surface area contributed by atoms with Crippen LogP contribution in [0.3, 0.4) is 0 Å². The van der Waals surface area contributed by atoms with E-state index in [0.717, 1.165) is 66.7 Å². The van der Waals surface area contributed by atoms with E-state index >= 15 is 0 Å². The van der Waals surface area contributed by atoms with Crippen LogP contribution in [-0.2, 0) is 6.42 Å². The van der Waals surface area contributed by atoms with Crippen LogP contribution in [-0.4, -0.2) is 42.0 Å². The van der Waals surface area contributed by atoms with Crippen LogP contribution >= 0.6 is 24.8 Å². The molecule has 4 nitrogen and oxygen atoms in total. The van der Waals surface area contributed by atoms with Crippen LogP contribution < -0.4 is 5.32 Å². The molecule has 5 rings (SSSR count). The highest BCUT2D eigenvalue weighted by atomic mass is 35.5. The predicted molar refractivity (Wildman–Crippen MR) is 128 cm³/mol. The second kappa shape index (κ2) is 9.61. The highest BCUT2D eigenvalue weighted by Gasteiger charge is 2.29. The molecule has 2 heterocycles. The summed E-state index contributed by atoms with van der Waals surface area (Å²) in [6.45, 7) is 3.24. The molecule has 2 aromatic carbocycles. The number of benzene rings is 2. The molecule has 0 bridgehead atoms. The molecule has 0 atom stereocenters. The summed E-state index contributed by atoms with van der Waals surface area (Å²) in [5, 5.41) is 4.31. The lowest BCUT2D eigenvalue weighted by Gasteiger charge is -2.28. The highest BCUT2D eigenvalue weighted by Crippen LogP contribution is 2.38. The molecule has 1 aromatic heterocycles. The van der Waals surface area contributed by atoms with Gasteiger partial charge in [0, 0.05) is 31.6 Å². The normalized spacial score (nSPS) is 16.7. The Hall–Kier alpha value is -2.40. The van der Waals surface area contributed by atoms with Crippen LogP contribution in [0.2, 0.25) is 0 Å². The first kappa shape index (κ1) is 22.3. The number of aromatic nitrogens is 1. The third-order valence-corrected chi connectivity index (χ3v) is 5.70. The minimum atomic E-state index is 0. The van der Waals surface area contributed by atoms with Crippen LogP contribution in [0.25, 0.3) is 22.6 Å². The van der Waals surface area contributed by atoms with E-state index in [1.807, 2.05) is 35.2 Å². The van der Waals surface area contributed by atoms with Gasteiger partial charge in [-0.3, -0.25) is 4.79 Å². The Balaban J connectivity index is 0.00000128. The fourth-order valence-electron chi connectivity index (χ4n) is 4.30. The largest absolute Gasteiger partial charge is 0.336 e. The molecular formula is C24H25Cl2N3O. The first-order valence-corrected chi connectivity index (χ1v) is 9.99. The monoisotopic (exact) mass is 441 g/mol. The molecule has 6 heteroatoms. The van der Waals surface area contributed by atoms with Gasteiger partial charge in [0.05, 0.1) is 16.8 Å². The quantitative estimate of drug-likeness (QED) is 0.631. The maximum absolute atomic E-state index is 13.5. The van der Waals surface area contributed by atoms with Crippen LogP contribution in [0.1, 0.15) is 33.6 Å². The molecule has 0 unspecified atom stereocenters. The van der Waals surface area contributed by atoms with Gasteiger partial charge in [-0.25, -0.2) is 4.98 Å². The Morgan fingerprint density at radius 1 is 0.933 bits per heavy atom. The number of pyridine rings is 1. The van der Waals surface area contributed by atoms with Crippen molar-refractivity contribution in [1.29, 1.82) is 0 Å². The number of fused-ring (bicyclic) bond motifs is 2. The van der Waals surface area contributed by atoms with Gasteiger partial charge in [-0.1, -0.05) is 48.5 Å². The molecule has 1 aliphatic heterocycles. The number of carbonyl (C=O) groups is 1. The molecule has 1 aliphatic carbocycles. The second-order valence-electron chi connectivity index (χ2n) is 7.45. The summed E-state index contributed by atoms with van der Waals surface area (Å²) in [4.78, 5) is 20.4. The first-order valence-electron chi connectivity index (χ1n) is 9.99. The van der Waals surface area contributed by atoms with Gasteiger partial charge in [-0.05, 0) is 41.7 Å². The Labute approximate surface area is 189 Å². The average molecular weight is 442 g/mol. The number of carbonyl (C=O) groups excluding carboxylic acids is 1. The first-order chi connectivity index (χ1) is 13.8. The fourth-order valence-corrected chi connectivity index (χ4v) is 4.30. The Morgan fingerprint density at radius 3 is 2.40 bits per heavy atom. The predicted octanol–water partition coefficient (Wildman–Crippen LogP) is 4.61. The Bertz CT molecular complexity index is 1080. The zero-order chi connectivity index (χ0) is 18.9. The van der Waals surface area contributed by atoms with Gasteiger partial charge in [-0.2, -0.15) is 0 Å². The maximum atomic E-state index is 13.5. The number of amides is 1. The van der Waals surface area contributed by atoms with Crippen molar-refractivity contribution in [1.82, 2.24) is 15.2 Å². The van der Waals surface area contributed by atoms with E-state index in [0.29, 0.717) is 0 Å². The fraction of sp³-hybridized carbons (Fsp3) is 0.250. The molecule has 1 saturated heterocycles. The molecule has 1 fully saturated rings. The molecule has 3 aromatic rings. The van der Waals surface area contributed by atoms with Gasteiger partial charge in [0.15, 0.2) is 0 Å². The minimum absolute atomic E-state index is 0. The molecule has 0 spiro atoms. The third-order valence-electron chi connectivity index (χ3n) is 5.70. The molecule has 1 N–H and O–H groups in total. The number of nitrogens with one attached hydrogen (secondary N) is 1. The van der Waals surface area contributed by atoms with E-state index in [2.05, 4.69) is 35.7 Å². The van der Waals surface area contributed by atoms with Crippen molar-refractivity contribution >= 4 is 53.3 Å². The third kappa shape index (κ3) is 4.08. The van der Waals surface area contributed by atoms with Gasteiger partial charge in [0.1, 0.15) is 0 Å². The Morgan fingerprint density at radius 2 is 1.63 bits per heavy atom. The van der Waals surface area contributed by atoms with Crippen molar-refractivity contribution in [2.75, 3.05) is 26.2 Å². The number of rotatable bonds is 2. The maximum Gasteiger partial charge on any atom is 0.254 e. The van der Waals surface area contributed by atoms with Crippen molar-refractivity contribution in [3.05, 3.63) is 77.0 Å². The summed E-state index contributed by atoms with van der Waals surface area (Å²) >= 11 is 0. The van der Waals surface area contributed by atoms with Crippen molar-refractivity contribution < 1.29 is 4.79 Å². The van der Waals surface area contributed by atoms with Gasteiger partial charge in [0.2, 0.25) is 0 Å². The number of piperazine rings is 1.